The van der Waals surface area contributed by atoms with E-state index >= 15 is 0 Å². The van der Waals surface area contributed by atoms with Crippen molar-refractivity contribution in [1.29, 1.82) is 0 Å². The standard InChI is InChI=1S/C17H17NO4/c1-10-12(11-7-5-6-8-14(11)18(10)4)9-13-15(19)21-17(2,3)22-16(13)20/h5-9H,1-4H3. The van der Waals surface area contributed by atoms with E-state index in [0.717, 1.165) is 22.2 Å². The van der Waals surface area contributed by atoms with E-state index in [1.165, 1.54) is 13.8 Å². The van der Waals surface area contributed by atoms with Crippen molar-refractivity contribution in [3.05, 3.63) is 41.1 Å². The van der Waals surface area contributed by atoms with Crippen LogP contribution in [0.1, 0.15) is 25.1 Å². The summed E-state index contributed by atoms with van der Waals surface area (Å²) in [5.74, 6) is -2.54. The van der Waals surface area contributed by atoms with Crippen LogP contribution in [0.4, 0.5) is 0 Å². The Kier molecular flexibility index (Phi) is 3.09. The van der Waals surface area contributed by atoms with E-state index in [2.05, 4.69) is 0 Å². The van der Waals surface area contributed by atoms with Gasteiger partial charge < -0.3 is 14.0 Å². The Labute approximate surface area is 128 Å². The molecular weight excluding hydrogens is 282 g/mol. The van der Waals surface area contributed by atoms with Crippen LogP contribution in [0, 0.1) is 6.92 Å². The Balaban J connectivity index is 2.15. The highest BCUT2D eigenvalue weighted by Gasteiger charge is 2.39. The van der Waals surface area contributed by atoms with Gasteiger partial charge in [-0.25, -0.2) is 9.59 Å². The minimum absolute atomic E-state index is 0.0845. The largest absolute Gasteiger partial charge is 0.419 e. The van der Waals surface area contributed by atoms with Crippen LogP contribution in [0.2, 0.25) is 0 Å². The molecule has 0 aliphatic carbocycles. The molecule has 1 aliphatic rings. The number of cyclic esters (lactones) is 2. The molecule has 0 saturated carbocycles. The number of carbonyl (C=O) groups excluding carboxylic acids is 2. The second-order valence-electron chi connectivity index (χ2n) is 5.81. The summed E-state index contributed by atoms with van der Waals surface area (Å²) in [6.45, 7) is 5.00. The maximum atomic E-state index is 12.1. The third-order valence-electron chi connectivity index (χ3n) is 3.85. The van der Waals surface area contributed by atoms with Gasteiger partial charge in [-0.05, 0) is 19.1 Å². The van der Waals surface area contributed by atoms with E-state index in [1.54, 1.807) is 6.08 Å². The van der Waals surface area contributed by atoms with Crippen LogP contribution in [-0.2, 0) is 26.1 Å². The van der Waals surface area contributed by atoms with Crippen molar-refractivity contribution >= 4 is 28.9 Å². The Morgan fingerprint density at radius 3 is 2.32 bits per heavy atom. The van der Waals surface area contributed by atoms with Crippen LogP contribution < -0.4 is 0 Å². The summed E-state index contributed by atoms with van der Waals surface area (Å²) < 4.78 is 12.3. The van der Waals surface area contributed by atoms with E-state index in [1.807, 2.05) is 42.8 Å². The Hall–Kier alpha value is -2.56. The zero-order valence-corrected chi connectivity index (χ0v) is 13.0. The summed E-state index contributed by atoms with van der Waals surface area (Å²) >= 11 is 0. The number of carbonyl (C=O) groups is 2. The van der Waals surface area contributed by atoms with Crippen LogP contribution in [0.15, 0.2) is 29.8 Å². The molecule has 5 heteroatoms. The first-order valence-electron chi connectivity index (χ1n) is 7.02. The van der Waals surface area contributed by atoms with Crippen molar-refractivity contribution in [3.8, 4) is 0 Å². The van der Waals surface area contributed by atoms with Gasteiger partial charge in [0.05, 0.1) is 0 Å². The van der Waals surface area contributed by atoms with Gasteiger partial charge in [0, 0.05) is 43.1 Å². The minimum Gasteiger partial charge on any atom is -0.419 e. The molecule has 0 spiro atoms. The molecule has 1 aliphatic heterocycles. The summed E-state index contributed by atoms with van der Waals surface area (Å²) in [5.41, 5.74) is 2.73. The zero-order valence-electron chi connectivity index (χ0n) is 13.0. The maximum Gasteiger partial charge on any atom is 0.348 e. The summed E-state index contributed by atoms with van der Waals surface area (Å²) in [6, 6.07) is 7.82. The first kappa shape index (κ1) is 14.4. The molecule has 1 fully saturated rings. The first-order valence-corrected chi connectivity index (χ1v) is 7.02. The van der Waals surface area contributed by atoms with Crippen molar-refractivity contribution in [3.63, 3.8) is 0 Å². The van der Waals surface area contributed by atoms with Crippen LogP contribution in [-0.4, -0.2) is 22.3 Å². The summed E-state index contributed by atoms with van der Waals surface area (Å²) in [6.07, 6.45) is 1.55. The van der Waals surface area contributed by atoms with Crippen molar-refractivity contribution in [2.75, 3.05) is 0 Å². The molecule has 2 aromatic rings. The molecule has 114 valence electrons. The van der Waals surface area contributed by atoms with Gasteiger partial charge in [0.15, 0.2) is 0 Å². The molecule has 22 heavy (non-hydrogen) atoms. The summed E-state index contributed by atoms with van der Waals surface area (Å²) in [4.78, 5) is 24.2. The molecule has 0 amide bonds. The second-order valence-corrected chi connectivity index (χ2v) is 5.81. The van der Waals surface area contributed by atoms with Crippen LogP contribution in [0.5, 0.6) is 0 Å². The number of benzene rings is 1. The molecule has 1 aromatic heterocycles. The highest BCUT2D eigenvalue weighted by molar-refractivity contribution is 6.19. The van der Waals surface area contributed by atoms with Gasteiger partial charge in [0.25, 0.3) is 5.79 Å². The molecule has 0 atom stereocenters. The van der Waals surface area contributed by atoms with E-state index in [9.17, 15) is 9.59 Å². The monoisotopic (exact) mass is 299 g/mol. The lowest BCUT2D eigenvalue weighted by Gasteiger charge is -2.29. The highest BCUT2D eigenvalue weighted by atomic mass is 16.7. The van der Waals surface area contributed by atoms with Crippen molar-refractivity contribution in [2.24, 2.45) is 7.05 Å². The van der Waals surface area contributed by atoms with Gasteiger partial charge in [-0.2, -0.15) is 0 Å². The van der Waals surface area contributed by atoms with Gasteiger partial charge in [-0.15, -0.1) is 0 Å². The number of hydrogen-bond acceptors (Lipinski definition) is 4. The van der Waals surface area contributed by atoms with Gasteiger partial charge in [0.2, 0.25) is 0 Å². The lowest BCUT2D eigenvalue weighted by atomic mass is 10.1. The van der Waals surface area contributed by atoms with E-state index in [4.69, 9.17) is 9.47 Å². The fourth-order valence-electron chi connectivity index (χ4n) is 2.66. The molecule has 3 rings (SSSR count). The van der Waals surface area contributed by atoms with E-state index in [-0.39, 0.29) is 5.57 Å². The SMILES string of the molecule is Cc1c(C=C2C(=O)OC(C)(C)OC2=O)c2ccccc2n1C. The van der Waals surface area contributed by atoms with Crippen molar-refractivity contribution < 1.29 is 19.1 Å². The van der Waals surface area contributed by atoms with Gasteiger partial charge in [-0.3, -0.25) is 0 Å². The van der Waals surface area contributed by atoms with Gasteiger partial charge in [0.1, 0.15) is 5.57 Å². The smallest absolute Gasteiger partial charge is 0.348 e. The predicted molar refractivity (Wildman–Crippen MR) is 81.9 cm³/mol. The Bertz CT molecular complexity index is 805. The number of aryl methyl sites for hydroxylation is 1. The Morgan fingerprint density at radius 2 is 1.68 bits per heavy atom. The highest BCUT2D eigenvalue weighted by Crippen LogP contribution is 2.29. The third-order valence-corrected chi connectivity index (χ3v) is 3.85. The molecule has 2 heterocycles. The molecular formula is C17H17NO4. The number of para-hydroxylation sites is 1. The zero-order chi connectivity index (χ0) is 16.1. The quantitative estimate of drug-likeness (QED) is 0.461. The molecule has 0 N–H and O–H groups in total. The number of fused-ring (bicyclic) bond motifs is 1. The second kappa shape index (κ2) is 4.73. The lowest BCUT2D eigenvalue weighted by Crippen LogP contribution is -2.41. The summed E-state index contributed by atoms with van der Waals surface area (Å²) in [7, 11) is 1.94. The number of hydrogen-bond donors (Lipinski definition) is 0. The Morgan fingerprint density at radius 1 is 1.09 bits per heavy atom. The van der Waals surface area contributed by atoms with Crippen LogP contribution in [0.3, 0.4) is 0 Å². The topological polar surface area (TPSA) is 57.5 Å². The minimum atomic E-state index is -1.22. The van der Waals surface area contributed by atoms with Gasteiger partial charge >= 0.3 is 11.9 Å². The molecule has 0 unspecified atom stereocenters. The molecule has 0 bridgehead atoms. The number of aromatic nitrogens is 1. The number of nitrogens with zero attached hydrogens (tertiary/aromatic N) is 1. The third kappa shape index (κ3) is 2.19. The van der Waals surface area contributed by atoms with E-state index in [0.29, 0.717) is 0 Å². The molecule has 5 nitrogen and oxygen atoms in total. The average Bonchev–Trinajstić information content (AvgIpc) is 2.67. The van der Waals surface area contributed by atoms with Crippen molar-refractivity contribution in [2.45, 2.75) is 26.6 Å². The lowest BCUT2D eigenvalue weighted by molar-refractivity contribution is -0.222. The van der Waals surface area contributed by atoms with Gasteiger partial charge in [-0.1, -0.05) is 18.2 Å². The predicted octanol–water partition coefficient (Wildman–Crippen LogP) is 2.71. The fourth-order valence-corrected chi connectivity index (χ4v) is 2.66. The normalized spacial score (nSPS) is 17.4. The first-order chi connectivity index (χ1) is 10.3. The molecule has 1 saturated heterocycles. The number of ether oxygens (including phenoxy) is 2. The number of esters is 2. The van der Waals surface area contributed by atoms with Crippen molar-refractivity contribution in [1.82, 2.24) is 4.57 Å². The van der Waals surface area contributed by atoms with Crippen LogP contribution >= 0.6 is 0 Å². The summed E-state index contributed by atoms with van der Waals surface area (Å²) in [5, 5.41) is 0.973. The molecule has 0 radical (unpaired) electrons. The average molecular weight is 299 g/mol. The number of rotatable bonds is 1. The maximum absolute atomic E-state index is 12.1. The van der Waals surface area contributed by atoms with E-state index < -0.39 is 17.7 Å². The molecule has 1 aromatic carbocycles. The fraction of sp³-hybridized carbons (Fsp3) is 0.294. The van der Waals surface area contributed by atoms with Crippen LogP contribution in [0.25, 0.3) is 17.0 Å².